The van der Waals surface area contributed by atoms with E-state index >= 15 is 0 Å². The standard InChI is InChI=1S/C24H18BrN3O2/c25-19-10-8-18(9-11-19)24(30)27-20-12-6-16(7-13-20)15-22(29)28-21-5-1-3-17-4-2-14-26-23(17)21/h1-14H,15H2,(H,27,30)(H,28,29). The third-order valence-electron chi connectivity index (χ3n) is 4.59. The predicted molar refractivity (Wildman–Crippen MR) is 123 cm³/mol. The van der Waals surface area contributed by atoms with Crippen LogP contribution in [0.2, 0.25) is 0 Å². The van der Waals surface area contributed by atoms with Crippen LogP contribution in [-0.4, -0.2) is 16.8 Å². The first-order chi connectivity index (χ1) is 14.6. The Kier molecular flexibility index (Phi) is 5.86. The van der Waals surface area contributed by atoms with Crippen molar-refractivity contribution in [1.29, 1.82) is 0 Å². The molecule has 0 saturated carbocycles. The van der Waals surface area contributed by atoms with Crippen molar-refractivity contribution in [3.63, 3.8) is 0 Å². The third-order valence-corrected chi connectivity index (χ3v) is 5.12. The second-order valence-electron chi connectivity index (χ2n) is 6.76. The molecule has 5 nitrogen and oxygen atoms in total. The summed E-state index contributed by atoms with van der Waals surface area (Å²) < 4.78 is 0.918. The highest BCUT2D eigenvalue weighted by molar-refractivity contribution is 9.10. The van der Waals surface area contributed by atoms with E-state index in [0.29, 0.717) is 16.9 Å². The van der Waals surface area contributed by atoms with Gasteiger partial charge in [-0.05, 0) is 54.1 Å². The number of halogens is 1. The van der Waals surface area contributed by atoms with Gasteiger partial charge < -0.3 is 10.6 Å². The van der Waals surface area contributed by atoms with Crippen LogP contribution in [0.1, 0.15) is 15.9 Å². The lowest BCUT2D eigenvalue weighted by Gasteiger charge is -2.09. The van der Waals surface area contributed by atoms with Crippen molar-refractivity contribution in [2.45, 2.75) is 6.42 Å². The molecule has 2 N–H and O–H groups in total. The van der Waals surface area contributed by atoms with Crippen LogP contribution in [0.4, 0.5) is 11.4 Å². The normalized spacial score (nSPS) is 10.6. The van der Waals surface area contributed by atoms with Gasteiger partial charge in [-0.25, -0.2) is 0 Å². The summed E-state index contributed by atoms with van der Waals surface area (Å²) in [5.41, 5.74) is 3.55. The molecule has 0 fully saturated rings. The molecule has 4 rings (SSSR count). The lowest BCUT2D eigenvalue weighted by molar-refractivity contribution is -0.115. The van der Waals surface area contributed by atoms with Gasteiger partial charge in [-0.15, -0.1) is 0 Å². The summed E-state index contributed by atoms with van der Waals surface area (Å²) in [6.07, 6.45) is 1.93. The molecule has 0 spiro atoms. The van der Waals surface area contributed by atoms with E-state index in [2.05, 4.69) is 31.5 Å². The summed E-state index contributed by atoms with van der Waals surface area (Å²) in [6.45, 7) is 0. The van der Waals surface area contributed by atoms with Crippen molar-refractivity contribution in [3.05, 3.63) is 101 Å². The molecule has 0 aliphatic heterocycles. The number of carbonyl (C=O) groups is 2. The van der Waals surface area contributed by atoms with Crippen molar-refractivity contribution < 1.29 is 9.59 Å². The number of nitrogens with one attached hydrogen (secondary N) is 2. The van der Waals surface area contributed by atoms with Crippen LogP contribution in [0.3, 0.4) is 0 Å². The summed E-state index contributed by atoms with van der Waals surface area (Å²) in [5.74, 6) is -0.309. The number of benzene rings is 3. The van der Waals surface area contributed by atoms with Crippen LogP contribution in [0.15, 0.2) is 89.5 Å². The van der Waals surface area contributed by atoms with Gasteiger partial charge in [0.15, 0.2) is 0 Å². The molecule has 0 aliphatic carbocycles. The maximum absolute atomic E-state index is 12.5. The number of para-hydroxylation sites is 1. The number of nitrogens with zero attached hydrogens (tertiary/aromatic N) is 1. The fourth-order valence-corrected chi connectivity index (χ4v) is 3.36. The number of amides is 2. The second kappa shape index (κ2) is 8.88. The van der Waals surface area contributed by atoms with E-state index in [1.165, 1.54) is 0 Å². The Hall–Kier alpha value is -3.51. The van der Waals surface area contributed by atoms with Gasteiger partial charge >= 0.3 is 0 Å². The van der Waals surface area contributed by atoms with Crippen LogP contribution >= 0.6 is 15.9 Å². The molecule has 30 heavy (non-hydrogen) atoms. The minimum atomic E-state index is -0.184. The van der Waals surface area contributed by atoms with Crippen LogP contribution in [0.25, 0.3) is 10.9 Å². The smallest absolute Gasteiger partial charge is 0.255 e. The Balaban J connectivity index is 1.39. The van der Waals surface area contributed by atoms with Gasteiger partial charge in [-0.2, -0.15) is 0 Å². The number of fused-ring (bicyclic) bond motifs is 1. The summed E-state index contributed by atoms with van der Waals surface area (Å²) in [6, 6.07) is 23.9. The van der Waals surface area contributed by atoms with Crippen LogP contribution in [-0.2, 0) is 11.2 Å². The zero-order valence-corrected chi connectivity index (χ0v) is 17.5. The van der Waals surface area contributed by atoms with Crippen LogP contribution in [0.5, 0.6) is 0 Å². The van der Waals surface area contributed by atoms with E-state index in [1.54, 1.807) is 30.5 Å². The van der Waals surface area contributed by atoms with E-state index in [0.717, 1.165) is 20.9 Å². The molecular weight excluding hydrogens is 442 g/mol. The minimum absolute atomic E-state index is 0.125. The zero-order chi connectivity index (χ0) is 20.9. The summed E-state index contributed by atoms with van der Waals surface area (Å²) in [5, 5.41) is 6.76. The topological polar surface area (TPSA) is 71.1 Å². The first-order valence-corrected chi connectivity index (χ1v) is 10.2. The molecule has 4 aromatic rings. The Labute approximate surface area is 182 Å². The molecule has 3 aromatic carbocycles. The highest BCUT2D eigenvalue weighted by Crippen LogP contribution is 2.21. The molecule has 0 unspecified atom stereocenters. The molecule has 0 aliphatic rings. The number of hydrogen-bond acceptors (Lipinski definition) is 3. The van der Waals surface area contributed by atoms with E-state index in [1.807, 2.05) is 54.6 Å². The lowest BCUT2D eigenvalue weighted by atomic mass is 10.1. The molecule has 6 heteroatoms. The Bertz CT molecular complexity index is 1200. The SMILES string of the molecule is O=C(Cc1ccc(NC(=O)c2ccc(Br)cc2)cc1)Nc1cccc2cccnc12. The average Bonchev–Trinajstić information content (AvgIpc) is 2.76. The van der Waals surface area contributed by atoms with E-state index in [9.17, 15) is 9.59 Å². The molecule has 148 valence electrons. The van der Waals surface area contributed by atoms with Gasteiger partial charge in [0.25, 0.3) is 5.91 Å². The molecule has 0 atom stereocenters. The van der Waals surface area contributed by atoms with Gasteiger partial charge in [-0.1, -0.05) is 46.3 Å². The van der Waals surface area contributed by atoms with Crippen molar-refractivity contribution in [3.8, 4) is 0 Å². The number of aromatic nitrogens is 1. The minimum Gasteiger partial charge on any atom is -0.324 e. The zero-order valence-electron chi connectivity index (χ0n) is 15.9. The van der Waals surface area contributed by atoms with Gasteiger partial charge in [0.1, 0.15) is 0 Å². The Morgan fingerprint density at radius 3 is 2.33 bits per heavy atom. The van der Waals surface area contributed by atoms with Crippen molar-refractivity contribution in [1.82, 2.24) is 4.98 Å². The average molecular weight is 460 g/mol. The summed E-state index contributed by atoms with van der Waals surface area (Å²) >= 11 is 3.35. The van der Waals surface area contributed by atoms with Gasteiger partial charge in [0, 0.05) is 27.3 Å². The molecule has 1 aromatic heterocycles. The van der Waals surface area contributed by atoms with E-state index in [-0.39, 0.29) is 18.2 Å². The van der Waals surface area contributed by atoms with Crippen molar-refractivity contribution in [2.75, 3.05) is 10.6 Å². The van der Waals surface area contributed by atoms with Gasteiger partial charge in [0.2, 0.25) is 5.91 Å². The van der Waals surface area contributed by atoms with Gasteiger partial charge in [0.05, 0.1) is 17.6 Å². The molecule has 0 bridgehead atoms. The molecular formula is C24H18BrN3O2. The highest BCUT2D eigenvalue weighted by atomic mass is 79.9. The maximum atomic E-state index is 12.5. The fraction of sp³-hybridized carbons (Fsp3) is 0.0417. The molecule has 0 radical (unpaired) electrons. The number of rotatable bonds is 5. The highest BCUT2D eigenvalue weighted by Gasteiger charge is 2.09. The predicted octanol–water partition coefficient (Wildman–Crippen LogP) is 5.43. The lowest BCUT2D eigenvalue weighted by Crippen LogP contribution is -2.15. The second-order valence-corrected chi connectivity index (χ2v) is 7.68. The fourth-order valence-electron chi connectivity index (χ4n) is 3.10. The maximum Gasteiger partial charge on any atom is 0.255 e. The monoisotopic (exact) mass is 459 g/mol. The Morgan fingerprint density at radius 1 is 0.833 bits per heavy atom. The van der Waals surface area contributed by atoms with Gasteiger partial charge in [-0.3, -0.25) is 14.6 Å². The first kappa shape index (κ1) is 19.8. The molecule has 0 saturated heterocycles. The third kappa shape index (κ3) is 4.72. The Morgan fingerprint density at radius 2 is 1.57 bits per heavy atom. The van der Waals surface area contributed by atoms with E-state index in [4.69, 9.17) is 0 Å². The van der Waals surface area contributed by atoms with Crippen LogP contribution in [0, 0.1) is 0 Å². The van der Waals surface area contributed by atoms with Crippen LogP contribution < -0.4 is 10.6 Å². The van der Waals surface area contributed by atoms with Crippen molar-refractivity contribution in [2.24, 2.45) is 0 Å². The number of hydrogen-bond donors (Lipinski definition) is 2. The first-order valence-electron chi connectivity index (χ1n) is 9.38. The number of anilines is 2. The van der Waals surface area contributed by atoms with E-state index < -0.39 is 0 Å². The quantitative estimate of drug-likeness (QED) is 0.417. The summed E-state index contributed by atoms with van der Waals surface area (Å²) in [7, 11) is 0. The number of carbonyl (C=O) groups excluding carboxylic acids is 2. The largest absolute Gasteiger partial charge is 0.324 e. The molecule has 1 heterocycles. The summed E-state index contributed by atoms with van der Waals surface area (Å²) in [4.78, 5) is 29.1. The molecule has 2 amide bonds. The van der Waals surface area contributed by atoms with Crippen molar-refractivity contribution >= 4 is 50.0 Å². The number of pyridine rings is 1.